The molecule has 0 bridgehead atoms. The van der Waals surface area contributed by atoms with Crippen LogP contribution in [-0.2, 0) is 14.3 Å². The second kappa shape index (κ2) is 6.74. The van der Waals surface area contributed by atoms with Crippen molar-refractivity contribution in [1.29, 1.82) is 0 Å². The van der Waals surface area contributed by atoms with Crippen LogP contribution in [0.3, 0.4) is 0 Å². The fourth-order valence-electron chi connectivity index (χ4n) is 1.39. The summed E-state index contributed by atoms with van der Waals surface area (Å²) in [6, 6.07) is 5.18. The topological polar surface area (TPSA) is 52.6 Å². The molecular formula is C13H15FO4. The van der Waals surface area contributed by atoms with Crippen LogP contribution in [0, 0.1) is 11.7 Å². The van der Waals surface area contributed by atoms with Crippen LogP contribution < -0.4 is 4.74 Å². The monoisotopic (exact) mass is 254 g/mol. The van der Waals surface area contributed by atoms with Gasteiger partial charge in [0.2, 0.25) is 0 Å². The van der Waals surface area contributed by atoms with Gasteiger partial charge in [0, 0.05) is 6.07 Å². The lowest BCUT2D eigenvalue weighted by atomic mass is 10.1. The minimum Gasteiger partial charge on any atom is -0.465 e. The van der Waals surface area contributed by atoms with Crippen LogP contribution in [0.15, 0.2) is 24.3 Å². The van der Waals surface area contributed by atoms with Crippen LogP contribution in [0.4, 0.5) is 4.39 Å². The van der Waals surface area contributed by atoms with E-state index in [9.17, 15) is 14.0 Å². The van der Waals surface area contributed by atoms with Gasteiger partial charge in [-0.2, -0.15) is 0 Å². The Balaban J connectivity index is 2.71. The van der Waals surface area contributed by atoms with Crippen molar-refractivity contribution in [2.75, 3.05) is 6.61 Å². The molecule has 0 aliphatic carbocycles. The van der Waals surface area contributed by atoms with E-state index in [1.165, 1.54) is 18.2 Å². The molecule has 1 atom stereocenters. The summed E-state index contributed by atoms with van der Waals surface area (Å²) in [5.41, 5.74) is 0. The maximum Gasteiger partial charge on any atom is 0.325 e. The highest BCUT2D eigenvalue weighted by Gasteiger charge is 2.28. The van der Waals surface area contributed by atoms with E-state index < -0.39 is 23.7 Å². The van der Waals surface area contributed by atoms with Crippen molar-refractivity contribution in [3.05, 3.63) is 30.1 Å². The highest BCUT2D eigenvalue weighted by Crippen LogP contribution is 2.16. The fraction of sp³-hybridized carbons (Fsp3) is 0.385. The van der Waals surface area contributed by atoms with Crippen LogP contribution in [0.5, 0.6) is 5.75 Å². The van der Waals surface area contributed by atoms with E-state index in [1.54, 1.807) is 13.8 Å². The van der Waals surface area contributed by atoms with Crippen LogP contribution in [-0.4, -0.2) is 18.5 Å². The first kappa shape index (κ1) is 14.2. The Morgan fingerprint density at radius 1 is 1.28 bits per heavy atom. The molecule has 0 radical (unpaired) electrons. The van der Waals surface area contributed by atoms with Gasteiger partial charge in [0.05, 0.1) is 6.61 Å². The van der Waals surface area contributed by atoms with Gasteiger partial charge in [-0.15, -0.1) is 0 Å². The molecule has 0 spiro atoms. The maximum atomic E-state index is 12.9. The van der Waals surface area contributed by atoms with Gasteiger partial charge in [0.25, 0.3) is 0 Å². The number of ether oxygens (including phenoxy) is 2. The SMILES string of the molecule is CCOC(=O)C(CC)C(=O)Oc1cccc(F)c1. The first-order valence-electron chi connectivity index (χ1n) is 5.72. The third kappa shape index (κ3) is 3.84. The molecule has 1 rings (SSSR count). The zero-order chi connectivity index (χ0) is 13.5. The molecule has 1 aromatic rings. The normalized spacial score (nSPS) is 11.7. The van der Waals surface area contributed by atoms with Gasteiger partial charge in [-0.3, -0.25) is 9.59 Å². The fourth-order valence-corrected chi connectivity index (χ4v) is 1.39. The summed E-state index contributed by atoms with van der Waals surface area (Å²) in [6.07, 6.45) is 0.271. The molecule has 0 aliphatic heterocycles. The van der Waals surface area contributed by atoms with E-state index in [2.05, 4.69) is 0 Å². The predicted octanol–water partition coefficient (Wildman–Crippen LogP) is 2.32. The van der Waals surface area contributed by atoms with Crippen LogP contribution in [0.2, 0.25) is 0 Å². The number of hydrogen-bond acceptors (Lipinski definition) is 4. The molecule has 0 aliphatic rings. The minimum atomic E-state index is -0.979. The Morgan fingerprint density at radius 3 is 2.56 bits per heavy atom. The smallest absolute Gasteiger partial charge is 0.325 e. The number of carbonyl (C=O) groups is 2. The van der Waals surface area contributed by atoms with Gasteiger partial charge in [-0.1, -0.05) is 13.0 Å². The molecule has 5 heteroatoms. The number of hydrogen-bond donors (Lipinski definition) is 0. The summed E-state index contributed by atoms with van der Waals surface area (Å²) in [6.45, 7) is 3.53. The lowest BCUT2D eigenvalue weighted by Crippen LogP contribution is -2.29. The van der Waals surface area contributed by atoms with E-state index in [0.717, 1.165) is 6.07 Å². The van der Waals surface area contributed by atoms with E-state index in [4.69, 9.17) is 9.47 Å². The van der Waals surface area contributed by atoms with Gasteiger partial charge in [0.15, 0.2) is 5.92 Å². The molecule has 98 valence electrons. The second-order valence-electron chi connectivity index (χ2n) is 3.59. The van der Waals surface area contributed by atoms with Crippen molar-refractivity contribution in [2.24, 2.45) is 5.92 Å². The van der Waals surface area contributed by atoms with E-state index in [1.807, 2.05) is 0 Å². The summed E-state index contributed by atoms with van der Waals surface area (Å²) in [7, 11) is 0. The Bertz CT molecular complexity index is 431. The van der Waals surface area contributed by atoms with E-state index in [-0.39, 0.29) is 18.8 Å². The molecule has 0 saturated carbocycles. The molecular weight excluding hydrogens is 239 g/mol. The Kier molecular flexibility index (Phi) is 5.30. The summed E-state index contributed by atoms with van der Waals surface area (Å²) < 4.78 is 22.6. The van der Waals surface area contributed by atoms with Crippen molar-refractivity contribution in [3.63, 3.8) is 0 Å². The predicted molar refractivity (Wildman–Crippen MR) is 62.4 cm³/mol. The van der Waals surface area contributed by atoms with Crippen molar-refractivity contribution < 1.29 is 23.5 Å². The highest BCUT2D eigenvalue weighted by molar-refractivity contribution is 5.95. The number of esters is 2. The third-order valence-corrected chi connectivity index (χ3v) is 2.28. The Hall–Kier alpha value is -1.91. The maximum absolute atomic E-state index is 12.9. The zero-order valence-electron chi connectivity index (χ0n) is 10.3. The number of carbonyl (C=O) groups excluding carboxylic acids is 2. The quantitative estimate of drug-likeness (QED) is 0.459. The van der Waals surface area contributed by atoms with Crippen LogP contribution in [0.1, 0.15) is 20.3 Å². The van der Waals surface area contributed by atoms with Crippen LogP contribution >= 0.6 is 0 Å². The first-order chi connectivity index (χ1) is 8.58. The number of rotatable bonds is 5. The second-order valence-corrected chi connectivity index (χ2v) is 3.59. The van der Waals surface area contributed by atoms with Crippen LogP contribution in [0.25, 0.3) is 0 Å². The van der Waals surface area contributed by atoms with Crippen molar-refractivity contribution in [3.8, 4) is 5.75 Å². The number of benzene rings is 1. The van der Waals surface area contributed by atoms with Crippen molar-refractivity contribution in [1.82, 2.24) is 0 Å². The highest BCUT2D eigenvalue weighted by atomic mass is 19.1. The average molecular weight is 254 g/mol. The third-order valence-electron chi connectivity index (χ3n) is 2.28. The summed E-state index contributed by atoms with van der Waals surface area (Å²) in [4.78, 5) is 23.2. The lowest BCUT2D eigenvalue weighted by molar-refractivity contribution is -0.157. The molecule has 0 saturated heterocycles. The average Bonchev–Trinajstić information content (AvgIpc) is 2.30. The van der Waals surface area contributed by atoms with E-state index in [0.29, 0.717) is 0 Å². The number of halogens is 1. The molecule has 0 amide bonds. The Labute approximate surface area is 105 Å². The molecule has 4 nitrogen and oxygen atoms in total. The zero-order valence-corrected chi connectivity index (χ0v) is 10.3. The molecule has 0 heterocycles. The molecule has 18 heavy (non-hydrogen) atoms. The molecule has 1 aromatic carbocycles. The Morgan fingerprint density at radius 2 is 2.00 bits per heavy atom. The lowest BCUT2D eigenvalue weighted by Gasteiger charge is -2.12. The molecule has 0 N–H and O–H groups in total. The first-order valence-corrected chi connectivity index (χ1v) is 5.72. The molecule has 0 aromatic heterocycles. The van der Waals surface area contributed by atoms with Gasteiger partial charge < -0.3 is 9.47 Å². The van der Waals surface area contributed by atoms with Gasteiger partial charge in [0.1, 0.15) is 11.6 Å². The molecule has 0 fully saturated rings. The van der Waals surface area contributed by atoms with E-state index >= 15 is 0 Å². The summed E-state index contributed by atoms with van der Waals surface area (Å²) in [5, 5.41) is 0. The standard InChI is InChI=1S/C13H15FO4/c1-3-11(12(15)17-4-2)13(16)18-10-7-5-6-9(14)8-10/h5-8,11H,3-4H2,1-2H3. The minimum absolute atomic E-state index is 0.0720. The summed E-state index contributed by atoms with van der Waals surface area (Å²) in [5.74, 6) is -2.77. The van der Waals surface area contributed by atoms with Crippen molar-refractivity contribution in [2.45, 2.75) is 20.3 Å². The van der Waals surface area contributed by atoms with Crippen molar-refractivity contribution >= 4 is 11.9 Å². The van der Waals surface area contributed by atoms with Gasteiger partial charge in [-0.25, -0.2) is 4.39 Å². The van der Waals surface area contributed by atoms with Gasteiger partial charge in [-0.05, 0) is 25.5 Å². The molecule has 1 unspecified atom stereocenters. The largest absolute Gasteiger partial charge is 0.465 e. The summed E-state index contributed by atoms with van der Waals surface area (Å²) >= 11 is 0. The van der Waals surface area contributed by atoms with Gasteiger partial charge >= 0.3 is 11.9 Å².